The van der Waals surface area contributed by atoms with E-state index in [9.17, 15) is 30.0 Å². The molecule has 15 heteroatoms. The lowest BCUT2D eigenvalue weighted by molar-refractivity contribution is -0.313. The molecule has 4 heterocycles. The smallest absolute Gasteiger partial charge is 0.311 e. The summed E-state index contributed by atoms with van der Waals surface area (Å²) in [5.41, 5.74) is -3.82. The molecule has 4 fully saturated rings. The largest absolute Gasteiger partial charge is 0.459 e. The average Bonchev–Trinajstić information content (AvgIpc) is 3.51. The van der Waals surface area contributed by atoms with E-state index in [0.717, 1.165) is 5.56 Å². The average molecular weight is 835 g/mol. The van der Waals surface area contributed by atoms with Crippen LogP contribution < -0.4 is 0 Å². The van der Waals surface area contributed by atoms with Crippen LogP contribution in [0, 0.1) is 23.7 Å². The number of ether oxygens (including phenoxy) is 7. The van der Waals surface area contributed by atoms with Gasteiger partial charge in [-0.3, -0.25) is 9.59 Å². The molecule has 4 N–H and O–H groups in total. The van der Waals surface area contributed by atoms with E-state index in [1.807, 2.05) is 49.2 Å². The monoisotopic (exact) mass is 834 g/mol. The number of aliphatic hydroxyl groups excluding tert-OH is 2. The SMILES string of the molecule is CC[C@H]1OC(=O)[C@H](C)[C@@H](O[C@H]2C[C@@](C)(OC)[C@@H](O)[C@H](C)O2)[C@H](C)[C@@H](O[C@H]2O[C@H](C)C[C@H]3[C@H]2OC(=NCc2ccccc2)N3C)[C@](C)(O)C[C@@H](C)C(=O)[C@H](C)[C@@H](O)[C@]1(C)O. The van der Waals surface area contributed by atoms with Crippen LogP contribution in [0.5, 0.6) is 0 Å². The lowest BCUT2D eigenvalue weighted by Gasteiger charge is -2.48. The molecule has 334 valence electrons. The molecule has 4 aliphatic rings. The lowest BCUT2D eigenvalue weighted by Crippen LogP contribution is -2.60. The summed E-state index contributed by atoms with van der Waals surface area (Å²) in [5.74, 6) is -4.92. The molecule has 59 heavy (non-hydrogen) atoms. The van der Waals surface area contributed by atoms with Crippen LogP contribution in [0.25, 0.3) is 0 Å². The number of ketones is 1. The lowest BCUT2D eigenvalue weighted by atomic mass is 9.74. The number of amidine groups is 1. The maximum atomic E-state index is 14.3. The second-order valence-corrected chi connectivity index (χ2v) is 18.3. The minimum atomic E-state index is -2.00. The van der Waals surface area contributed by atoms with Crippen LogP contribution in [-0.2, 0) is 49.3 Å². The van der Waals surface area contributed by atoms with Crippen molar-refractivity contribution in [3.8, 4) is 0 Å². The zero-order chi connectivity index (χ0) is 43.8. The van der Waals surface area contributed by atoms with Crippen molar-refractivity contribution in [1.29, 1.82) is 0 Å². The number of likely N-dealkylation sites (N-methyl/N-ethyl adjacent to an activating group) is 1. The fourth-order valence-electron chi connectivity index (χ4n) is 9.63. The molecule has 4 saturated heterocycles. The van der Waals surface area contributed by atoms with E-state index in [2.05, 4.69) is 0 Å². The predicted octanol–water partition coefficient (Wildman–Crippen LogP) is 3.75. The van der Waals surface area contributed by atoms with E-state index in [0.29, 0.717) is 19.0 Å². The molecule has 0 aromatic heterocycles. The van der Waals surface area contributed by atoms with Gasteiger partial charge < -0.3 is 58.5 Å². The molecule has 0 bridgehead atoms. The number of aliphatic hydroxyl groups is 4. The quantitative estimate of drug-likeness (QED) is 0.277. The van der Waals surface area contributed by atoms with Crippen molar-refractivity contribution in [3.63, 3.8) is 0 Å². The van der Waals surface area contributed by atoms with E-state index >= 15 is 0 Å². The molecule has 0 unspecified atom stereocenters. The number of carbonyl (C=O) groups excluding carboxylic acids is 2. The predicted molar refractivity (Wildman–Crippen MR) is 217 cm³/mol. The van der Waals surface area contributed by atoms with Crippen LogP contribution in [-0.4, -0.2) is 142 Å². The first-order chi connectivity index (χ1) is 27.6. The third-order valence-electron chi connectivity index (χ3n) is 13.4. The second-order valence-electron chi connectivity index (χ2n) is 18.3. The number of Topliss-reactive ketones (excluding diaryl/α,β-unsaturated/α-hetero) is 1. The Balaban J connectivity index is 1.57. The first-order valence-corrected chi connectivity index (χ1v) is 21.3. The number of rotatable bonds is 8. The Kier molecular flexibility index (Phi) is 15.0. The molecule has 18 atom stereocenters. The van der Waals surface area contributed by atoms with Gasteiger partial charge in [0.1, 0.15) is 23.6 Å². The molecule has 1 aromatic carbocycles. The maximum Gasteiger partial charge on any atom is 0.311 e. The van der Waals surface area contributed by atoms with Gasteiger partial charge in [-0.1, -0.05) is 58.0 Å². The van der Waals surface area contributed by atoms with Gasteiger partial charge in [0.2, 0.25) is 0 Å². The Morgan fingerprint density at radius 1 is 0.898 bits per heavy atom. The summed E-state index contributed by atoms with van der Waals surface area (Å²) in [5, 5.41) is 46.8. The maximum absolute atomic E-state index is 14.3. The van der Waals surface area contributed by atoms with Crippen molar-refractivity contribution in [3.05, 3.63) is 35.9 Å². The molecule has 15 nitrogen and oxygen atoms in total. The summed E-state index contributed by atoms with van der Waals surface area (Å²) in [6, 6.07) is 10.1. The number of methoxy groups -OCH3 is 1. The first-order valence-electron chi connectivity index (χ1n) is 21.3. The van der Waals surface area contributed by atoms with Gasteiger partial charge in [-0.05, 0) is 66.4 Å². The number of hydrogen-bond donors (Lipinski definition) is 4. The van der Waals surface area contributed by atoms with Gasteiger partial charge in [0.15, 0.2) is 18.7 Å². The fraction of sp³-hybridized carbons (Fsp3) is 0.795. The number of hydrogen-bond acceptors (Lipinski definition) is 14. The van der Waals surface area contributed by atoms with E-state index in [-0.39, 0.29) is 31.4 Å². The van der Waals surface area contributed by atoms with Crippen LogP contribution >= 0.6 is 0 Å². The van der Waals surface area contributed by atoms with Crippen LogP contribution in [0.3, 0.4) is 0 Å². The number of aliphatic imine (C=N–C) groups is 1. The second kappa shape index (κ2) is 18.7. The minimum Gasteiger partial charge on any atom is -0.459 e. The third-order valence-corrected chi connectivity index (χ3v) is 13.4. The van der Waals surface area contributed by atoms with Crippen LogP contribution in [0.15, 0.2) is 35.3 Å². The Hall–Kier alpha value is -2.73. The number of esters is 1. The molecular formula is C44H70N2O13. The number of benzene rings is 1. The van der Waals surface area contributed by atoms with Gasteiger partial charge in [-0.25, -0.2) is 4.99 Å². The Morgan fingerprint density at radius 3 is 2.19 bits per heavy atom. The first kappa shape index (κ1) is 47.3. The van der Waals surface area contributed by atoms with Crippen molar-refractivity contribution in [1.82, 2.24) is 4.90 Å². The van der Waals surface area contributed by atoms with Gasteiger partial charge in [0.25, 0.3) is 6.02 Å². The van der Waals surface area contributed by atoms with Crippen LogP contribution in [0.4, 0.5) is 0 Å². The minimum absolute atomic E-state index is 0.0993. The number of nitrogens with zero attached hydrogens (tertiary/aromatic N) is 2. The standard InChI is InChI=1S/C44H70N2O13/c1-13-31-44(10,52)36(48)25(4)33(47)23(2)20-42(8,51)38(26(5)34(27(6)39(50)56-31)57-32-21-43(9,53-12)37(49)28(7)55-32)59-40-35-30(19-24(3)54-40)46(11)41(58-35)45-22-29-17-15-14-16-18-29/h14-18,23-28,30-32,34-38,40,48-49,51-52H,13,19-22H2,1-12H3/t23-,24-,25+,26+,27-,28+,30+,31-,32+,34+,35-,36-,37+,38-,40-,42-,43-,44-/m1/s1. The van der Waals surface area contributed by atoms with Crippen molar-refractivity contribution >= 4 is 17.8 Å². The summed E-state index contributed by atoms with van der Waals surface area (Å²) in [6.45, 7) is 17.1. The highest BCUT2D eigenvalue weighted by Gasteiger charge is 2.55. The summed E-state index contributed by atoms with van der Waals surface area (Å²) in [6.07, 6.45) is -8.93. The number of fused-ring (bicyclic) bond motifs is 1. The molecule has 0 aliphatic carbocycles. The van der Waals surface area contributed by atoms with Gasteiger partial charge in [-0.15, -0.1) is 0 Å². The van der Waals surface area contributed by atoms with E-state index in [1.165, 1.54) is 21.0 Å². The number of carbonyl (C=O) groups is 2. The third kappa shape index (κ3) is 9.99. The molecule has 0 amide bonds. The zero-order valence-electron chi connectivity index (χ0n) is 36.9. The van der Waals surface area contributed by atoms with Gasteiger partial charge in [0, 0.05) is 38.3 Å². The molecule has 5 rings (SSSR count). The van der Waals surface area contributed by atoms with E-state index in [1.54, 1.807) is 48.5 Å². The van der Waals surface area contributed by atoms with Crippen molar-refractivity contribution in [2.24, 2.45) is 28.7 Å². The van der Waals surface area contributed by atoms with Crippen molar-refractivity contribution in [2.45, 2.75) is 186 Å². The summed E-state index contributed by atoms with van der Waals surface area (Å²) < 4.78 is 44.6. The van der Waals surface area contributed by atoms with Gasteiger partial charge >= 0.3 is 5.97 Å². The van der Waals surface area contributed by atoms with Gasteiger partial charge in [-0.2, -0.15) is 0 Å². The highest BCUT2D eigenvalue weighted by atomic mass is 16.7. The van der Waals surface area contributed by atoms with Gasteiger partial charge in [0.05, 0.1) is 60.2 Å². The molecular weight excluding hydrogens is 764 g/mol. The Morgan fingerprint density at radius 2 is 1.56 bits per heavy atom. The summed E-state index contributed by atoms with van der Waals surface area (Å²) >= 11 is 0. The summed E-state index contributed by atoms with van der Waals surface area (Å²) in [7, 11) is 3.41. The number of cyclic esters (lactones) is 1. The molecule has 0 radical (unpaired) electrons. The molecule has 0 saturated carbocycles. The molecule has 4 aliphatic heterocycles. The van der Waals surface area contributed by atoms with Crippen LogP contribution in [0.2, 0.25) is 0 Å². The topological polar surface area (TPSA) is 195 Å². The van der Waals surface area contributed by atoms with Crippen LogP contribution in [0.1, 0.15) is 100 Å². The fourth-order valence-corrected chi connectivity index (χ4v) is 9.63. The Labute approximate surface area is 349 Å². The highest BCUT2D eigenvalue weighted by molar-refractivity contribution is 5.83. The van der Waals surface area contributed by atoms with E-state index < -0.39 is 108 Å². The normalized spacial score (nSPS) is 46.0. The highest BCUT2D eigenvalue weighted by Crippen LogP contribution is 2.42. The Bertz CT molecular complexity index is 1610. The van der Waals surface area contributed by atoms with Crippen molar-refractivity contribution in [2.75, 3.05) is 14.2 Å². The summed E-state index contributed by atoms with van der Waals surface area (Å²) in [4.78, 5) is 35.1. The zero-order valence-corrected chi connectivity index (χ0v) is 36.9. The van der Waals surface area contributed by atoms with E-state index in [4.69, 9.17) is 38.2 Å². The molecule has 0 spiro atoms. The molecule has 1 aromatic rings. The van der Waals surface area contributed by atoms with Crippen molar-refractivity contribution < 1.29 is 63.2 Å².